The smallest absolute Gasteiger partial charge is 0.286 e. The minimum atomic E-state index is -0.428. The Morgan fingerprint density at radius 2 is 2.38 bits per heavy atom. The van der Waals surface area contributed by atoms with Gasteiger partial charge in [-0.1, -0.05) is 25.4 Å². The maximum atomic E-state index is 11.0. The molecule has 1 aromatic heterocycles. The first-order chi connectivity index (χ1) is 6.11. The highest BCUT2D eigenvalue weighted by molar-refractivity contribution is 6.31. The molecular formula is C8H11ClN2O2. The summed E-state index contributed by atoms with van der Waals surface area (Å²) in [7, 11) is 0. The molecule has 72 valence electrons. The topological polar surface area (TPSA) is 55.0 Å². The molecule has 4 nitrogen and oxygen atoms in total. The average molecular weight is 203 g/mol. The Labute approximate surface area is 80.9 Å². The van der Waals surface area contributed by atoms with Crippen molar-refractivity contribution < 1.29 is 4.74 Å². The van der Waals surface area contributed by atoms with Crippen LogP contribution in [0.2, 0.25) is 5.02 Å². The Bertz CT molecular complexity index is 335. The van der Waals surface area contributed by atoms with Gasteiger partial charge in [-0.3, -0.25) is 4.79 Å². The average Bonchev–Trinajstić information content (AvgIpc) is 2.07. The van der Waals surface area contributed by atoms with Gasteiger partial charge in [0, 0.05) is 0 Å². The van der Waals surface area contributed by atoms with Crippen molar-refractivity contribution in [3.63, 3.8) is 0 Å². The fourth-order valence-electron chi connectivity index (χ4n) is 0.724. The van der Waals surface area contributed by atoms with E-state index in [0.29, 0.717) is 18.3 Å². The zero-order chi connectivity index (χ0) is 9.84. The van der Waals surface area contributed by atoms with E-state index in [-0.39, 0.29) is 5.02 Å². The number of hydrogen-bond acceptors (Lipinski definition) is 3. The molecule has 0 amide bonds. The van der Waals surface area contributed by atoms with E-state index >= 15 is 0 Å². The molecule has 0 bridgehead atoms. The Morgan fingerprint density at radius 3 is 3.00 bits per heavy atom. The largest absolute Gasteiger partial charge is 0.490 e. The van der Waals surface area contributed by atoms with E-state index < -0.39 is 5.56 Å². The van der Waals surface area contributed by atoms with Gasteiger partial charge in [0.1, 0.15) is 0 Å². The van der Waals surface area contributed by atoms with Crippen molar-refractivity contribution in [3.8, 4) is 5.75 Å². The maximum Gasteiger partial charge on any atom is 0.286 e. The maximum absolute atomic E-state index is 11.0. The van der Waals surface area contributed by atoms with E-state index in [4.69, 9.17) is 16.3 Å². The van der Waals surface area contributed by atoms with E-state index in [2.05, 4.69) is 10.2 Å². The van der Waals surface area contributed by atoms with Gasteiger partial charge in [-0.05, 0) is 5.92 Å². The zero-order valence-corrected chi connectivity index (χ0v) is 8.26. The van der Waals surface area contributed by atoms with E-state index in [1.54, 1.807) is 0 Å². The molecule has 5 heteroatoms. The van der Waals surface area contributed by atoms with Gasteiger partial charge in [-0.15, -0.1) is 0 Å². The summed E-state index contributed by atoms with van der Waals surface area (Å²) >= 11 is 5.67. The fourth-order valence-corrected chi connectivity index (χ4v) is 0.870. The predicted octanol–water partition coefficient (Wildman–Crippen LogP) is 1.46. The molecule has 1 aromatic rings. The van der Waals surface area contributed by atoms with Crippen LogP contribution in [0.5, 0.6) is 5.75 Å². The molecule has 0 atom stereocenters. The second-order valence-electron chi connectivity index (χ2n) is 3.08. The van der Waals surface area contributed by atoms with Gasteiger partial charge < -0.3 is 4.74 Å². The molecule has 0 radical (unpaired) electrons. The number of nitrogens with one attached hydrogen (secondary N) is 1. The summed E-state index contributed by atoms with van der Waals surface area (Å²) in [5.74, 6) is 0.717. The summed E-state index contributed by atoms with van der Waals surface area (Å²) in [6, 6.07) is 0. The Balaban J connectivity index is 2.77. The zero-order valence-electron chi connectivity index (χ0n) is 7.50. The monoisotopic (exact) mass is 202 g/mol. The SMILES string of the molecule is CC(C)COc1cn[nH]c(=O)c1Cl. The summed E-state index contributed by atoms with van der Waals surface area (Å²) in [6.45, 7) is 4.54. The van der Waals surface area contributed by atoms with Gasteiger partial charge in [-0.2, -0.15) is 5.10 Å². The van der Waals surface area contributed by atoms with Gasteiger partial charge >= 0.3 is 0 Å². The van der Waals surface area contributed by atoms with Crippen LogP contribution in [-0.4, -0.2) is 16.8 Å². The molecular weight excluding hydrogens is 192 g/mol. The van der Waals surface area contributed by atoms with Crippen LogP contribution >= 0.6 is 11.6 Å². The standard InChI is InChI=1S/C8H11ClN2O2/c1-5(2)4-13-6-3-10-11-8(12)7(6)9/h3,5H,4H2,1-2H3,(H,11,12). The number of halogens is 1. The second kappa shape index (κ2) is 4.28. The van der Waals surface area contributed by atoms with Crippen molar-refractivity contribution in [1.82, 2.24) is 10.2 Å². The Hall–Kier alpha value is -1.03. The minimum Gasteiger partial charge on any atom is -0.490 e. The van der Waals surface area contributed by atoms with Crippen LogP contribution in [0.15, 0.2) is 11.0 Å². The lowest BCUT2D eigenvalue weighted by Crippen LogP contribution is -2.12. The van der Waals surface area contributed by atoms with Crippen LogP contribution in [0, 0.1) is 5.92 Å². The number of H-pyrrole nitrogens is 1. The molecule has 1 N–H and O–H groups in total. The number of nitrogens with zero attached hydrogens (tertiary/aromatic N) is 1. The van der Waals surface area contributed by atoms with Crippen molar-refractivity contribution in [1.29, 1.82) is 0 Å². The first kappa shape index (κ1) is 10.1. The molecule has 0 aliphatic rings. The molecule has 0 saturated heterocycles. The lowest BCUT2D eigenvalue weighted by atomic mass is 10.2. The van der Waals surface area contributed by atoms with Gasteiger partial charge in [0.15, 0.2) is 10.8 Å². The molecule has 13 heavy (non-hydrogen) atoms. The van der Waals surface area contributed by atoms with Crippen molar-refractivity contribution >= 4 is 11.6 Å². The van der Waals surface area contributed by atoms with Gasteiger partial charge in [-0.25, -0.2) is 5.10 Å². The second-order valence-corrected chi connectivity index (χ2v) is 3.46. The number of ether oxygens (including phenoxy) is 1. The lowest BCUT2D eigenvalue weighted by Gasteiger charge is -2.08. The van der Waals surface area contributed by atoms with E-state index in [0.717, 1.165) is 0 Å². The molecule has 1 rings (SSSR count). The van der Waals surface area contributed by atoms with Crippen LogP contribution in [0.25, 0.3) is 0 Å². The quantitative estimate of drug-likeness (QED) is 0.808. The molecule has 1 heterocycles. The van der Waals surface area contributed by atoms with Crippen LogP contribution < -0.4 is 10.3 Å². The summed E-state index contributed by atoms with van der Waals surface area (Å²) in [5, 5.41) is 5.84. The summed E-state index contributed by atoms with van der Waals surface area (Å²) in [5.41, 5.74) is -0.428. The van der Waals surface area contributed by atoms with Crippen molar-refractivity contribution in [2.75, 3.05) is 6.61 Å². The van der Waals surface area contributed by atoms with Crippen LogP contribution in [-0.2, 0) is 0 Å². The highest BCUT2D eigenvalue weighted by atomic mass is 35.5. The third-order valence-corrected chi connectivity index (χ3v) is 1.69. The summed E-state index contributed by atoms with van der Waals surface area (Å²) < 4.78 is 5.26. The van der Waals surface area contributed by atoms with Crippen LogP contribution in [0.4, 0.5) is 0 Å². The summed E-state index contributed by atoms with van der Waals surface area (Å²) in [4.78, 5) is 11.0. The third kappa shape index (κ3) is 2.73. The van der Waals surface area contributed by atoms with Crippen LogP contribution in [0.1, 0.15) is 13.8 Å². The van der Waals surface area contributed by atoms with E-state index in [1.807, 2.05) is 13.8 Å². The minimum absolute atomic E-state index is 0.0515. The van der Waals surface area contributed by atoms with E-state index in [9.17, 15) is 4.79 Å². The number of aromatic amines is 1. The number of rotatable bonds is 3. The van der Waals surface area contributed by atoms with Crippen molar-refractivity contribution in [2.45, 2.75) is 13.8 Å². The van der Waals surface area contributed by atoms with Crippen LogP contribution in [0.3, 0.4) is 0 Å². The third-order valence-electron chi connectivity index (χ3n) is 1.34. The molecule has 0 aliphatic carbocycles. The highest BCUT2D eigenvalue weighted by Crippen LogP contribution is 2.17. The number of aromatic nitrogens is 2. The molecule has 0 aromatic carbocycles. The fraction of sp³-hybridized carbons (Fsp3) is 0.500. The van der Waals surface area contributed by atoms with Gasteiger partial charge in [0.25, 0.3) is 5.56 Å². The van der Waals surface area contributed by atoms with Gasteiger partial charge in [0.2, 0.25) is 0 Å². The van der Waals surface area contributed by atoms with Gasteiger partial charge in [0.05, 0.1) is 12.8 Å². The molecule has 0 saturated carbocycles. The summed E-state index contributed by atoms with van der Waals surface area (Å²) in [6.07, 6.45) is 1.39. The first-order valence-electron chi connectivity index (χ1n) is 3.97. The molecule has 0 unspecified atom stereocenters. The lowest BCUT2D eigenvalue weighted by molar-refractivity contribution is 0.269. The molecule has 0 fully saturated rings. The van der Waals surface area contributed by atoms with Crippen molar-refractivity contribution in [2.24, 2.45) is 5.92 Å². The van der Waals surface area contributed by atoms with Crippen molar-refractivity contribution in [3.05, 3.63) is 21.6 Å². The van der Waals surface area contributed by atoms with E-state index in [1.165, 1.54) is 6.20 Å². The Kier molecular flexibility index (Phi) is 3.31. The Morgan fingerprint density at radius 1 is 1.69 bits per heavy atom. The highest BCUT2D eigenvalue weighted by Gasteiger charge is 2.06. The predicted molar refractivity (Wildman–Crippen MR) is 50.2 cm³/mol. The molecule has 0 aliphatic heterocycles. The number of hydrogen-bond donors (Lipinski definition) is 1. The first-order valence-corrected chi connectivity index (χ1v) is 4.35. The normalized spacial score (nSPS) is 10.5. The molecule has 0 spiro atoms.